The minimum Gasteiger partial charge on any atom is -0.372 e. The minimum atomic E-state index is -0.131. The molecular formula is C22H39N5O. The lowest BCUT2D eigenvalue weighted by atomic mass is 10.0. The van der Waals surface area contributed by atoms with Crippen LogP contribution in [0.2, 0.25) is 0 Å². The van der Waals surface area contributed by atoms with Crippen molar-refractivity contribution in [2.24, 2.45) is 0 Å². The van der Waals surface area contributed by atoms with E-state index in [2.05, 4.69) is 72.5 Å². The summed E-state index contributed by atoms with van der Waals surface area (Å²) in [5.74, 6) is 0. The summed E-state index contributed by atoms with van der Waals surface area (Å²) >= 11 is 0. The number of nitrogens with one attached hydrogen (secondary N) is 2. The highest BCUT2D eigenvalue weighted by atomic mass is 16.2. The lowest BCUT2D eigenvalue weighted by Crippen LogP contribution is -2.41. The molecule has 2 N–H and O–H groups in total. The smallest absolute Gasteiger partial charge is 0.319 e. The van der Waals surface area contributed by atoms with Gasteiger partial charge in [-0.2, -0.15) is 0 Å². The molecular weight excluding hydrogens is 350 g/mol. The van der Waals surface area contributed by atoms with Crippen LogP contribution in [0.1, 0.15) is 39.5 Å². The summed E-state index contributed by atoms with van der Waals surface area (Å²) in [5, 5.41) is 5.87. The Morgan fingerprint density at radius 3 is 2.39 bits per heavy atom. The van der Waals surface area contributed by atoms with Gasteiger partial charge in [0.15, 0.2) is 0 Å². The van der Waals surface area contributed by atoms with Crippen LogP contribution in [-0.2, 0) is 0 Å². The van der Waals surface area contributed by atoms with Gasteiger partial charge < -0.3 is 25.3 Å². The number of piperidine rings is 1. The van der Waals surface area contributed by atoms with Crippen molar-refractivity contribution in [3.8, 4) is 0 Å². The van der Waals surface area contributed by atoms with Crippen LogP contribution in [0.15, 0.2) is 24.3 Å². The average molecular weight is 390 g/mol. The lowest BCUT2D eigenvalue weighted by molar-refractivity contribution is 0.250. The third-order valence-electron chi connectivity index (χ3n) is 5.87. The summed E-state index contributed by atoms with van der Waals surface area (Å²) < 4.78 is 0. The highest BCUT2D eigenvalue weighted by Crippen LogP contribution is 2.23. The third kappa shape index (κ3) is 7.32. The predicted octanol–water partition coefficient (Wildman–Crippen LogP) is 3.46. The fourth-order valence-corrected chi connectivity index (χ4v) is 3.49. The number of urea groups is 1. The summed E-state index contributed by atoms with van der Waals surface area (Å²) in [6.45, 7) is 8.47. The largest absolute Gasteiger partial charge is 0.372 e. The van der Waals surface area contributed by atoms with Crippen LogP contribution in [0.5, 0.6) is 0 Å². The van der Waals surface area contributed by atoms with Gasteiger partial charge in [-0.3, -0.25) is 0 Å². The van der Waals surface area contributed by atoms with Crippen molar-refractivity contribution in [3.05, 3.63) is 24.3 Å². The zero-order valence-electron chi connectivity index (χ0n) is 18.4. The molecule has 2 rings (SSSR count). The van der Waals surface area contributed by atoms with Crippen molar-refractivity contribution < 1.29 is 4.79 Å². The molecule has 158 valence electrons. The molecule has 1 heterocycles. The Hall–Kier alpha value is -1.79. The fraction of sp³-hybridized carbons (Fsp3) is 0.682. The quantitative estimate of drug-likeness (QED) is 0.635. The predicted molar refractivity (Wildman–Crippen MR) is 119 cm³/mol. The molecule has 6 heteroatoms. The Morgan fingerprint density at radius 1 is 1.14 bits per heavy atom. The van der Waals surface area contributed by atoms with Crippen LogP contribution in [-0.4, -0.2) is 75.2 Å². The second-order valence-corrected chi connectivity index (χ2v) is 8.35. The first kappa shape index (κ1) is 22.5. The second-order valence-electron chi connectivity index (χ2n) is 8.35. The van der Waals surface area contributed by atoms with Gasteiger partial charge in [0.25, 0.3) is 0 Å². The van der Waals surface area contributed by atoms with Gasteiger partial charge >= 0.3 is 6.03 Å². The number of likely N-dealkylation sites (tertiary alicyclic amines) is 1. The number of anilines is 2. The Balaban J connectivity index is 1.69. The Labute approximate surface area is 171 Å². The molecule has 0 saturated carbocycles. The Bertz CT molecular complexity index is 581. The molecule has 2 amide bonds. The Morgan fingerprint density at radius 2 is 1.79 bits per heavy atom. The summed E-state index contributed by atoms with van der Waals surface area (Å²) in [4.78, 5) is 19.1. The zero-order chi connectivity index (χ0) is 20.5. The maximum absolute atomic E-state index is 12.1. The number of unbranched alkanes of at least 4 members (excludes halogenated alkanes) is 1. The zero-order valence-corrected chi connectivity index (χ0v) is 18.4. The standard InChI is InChI=1S/C22H39N5O/c1-18(2)26(4)15-7-6-14-23-22(28)24-19-8-10-20(11-9-19)27(5)21-12-16-25(3)17-13-21/h8-11,18,21H,6-7,12-17H2,1-5H3,(H2,23,24,28). The van der Waals surface area contributed by atoms with Crippen LogP contribution in [0.4, 0.5) is 16.2 Å². The van der Waals surface area contributed by atoms with Gasteiger partial charge in [0.2, 0.25) is 0 Å². The molecule has 1 aromatic carbocycles. The maximum atomic E-state index is 12.1. The van der Waals surface area contributed by atoms with Crippen LogP contribution in [0.3, 0.4) is 0 Å². The molecule has 0 bridgehead atoms. The molecule has 1 fully saturated rings. The number of carbonyl (C=O) groups excluding carboxylic acids is 1. The summed E-state index contributed by atoms with van der Waals surface area (Å²) in [7, 11) is 6.49. The molecule has 28 heavy (non-hydrogen) atoms. The van der Waals surface area contributed by atoms with Crippen molar-refractivity contribution in [1.82, 2.24) is 15.1 Å². The van der Waals surface area contributed by atoms with Gasteiger partial charge in [-0.25, -0.2) is 4.79 Å². The van der Waals surface area contributed by atoms with Crippen LogP contribution < -0.4 is 15.5 Å². The van der Waals surface area contributed by atoms with E-state index in [-0.39, 0.29) is 6.03 Å². The second kappa shape index (κ2) is 11.3. The van der Waals surface area contributed by atoms with Crippen LogP contribution in [0.25, 0.3) is 0 Å². The molecule has 0 radical (unpaired) electrons. The van der Waals surface area contributed by atoms with Crippen molar-refractivity contribution in [3.63, 3.8) is 0 Å². The van der Waals surface area contributed by atoms with Crippen LogP contribution in [0, 0.1) is 0 Å². The van der Waals surface area contributed by atoms with E-state index < -0.39 is 0 Å². The van der Waals surface area contributed by atoms with Crippen LogP contribution >= 0.6 is 0 Å². The average Bonchev–Trinajstić information content (AvgIpc) is 2.68. The molecule has 6 nitrogen and oxygen atoms in total. The SMILES string of the molecule is CC(C)N(C)CCCCNC(=O)Nc1ccc(N(C)C2CCN(C)CC2)cc1. The maximum Gasteiger partial charge on any atom is 0.319 e. The van der Waals surface area contributed by atoms with E-state index in [4.69, 9.17) is 0 Å². The number of benzene rings is 1. The van der Waals surface area contributed by atoms with Gasteiger partial charge in [0, 0.05) is 37.1 Å². The topological polar surface area (TPSA) is 50.9 Å². The molecule has 0 aromatic heterocycles. The number of amides is 2. The molecule has 0 atom stereocenters. The van der Waals surface area contributed by atoms with E-state index in [9.17, 15) is 4.79 Å². The molecule has 1 aliphatic heterocycles. The van der Waals surface area contributed by atoms with E-state index >= 15 is 0 Å². The van der Waals surface area contributed by atoms with Gasteiger partial charge in [-0.15, -0.1) is 0 Å². The van der Waals surface area contributed by atoms with E-state index in [0.29, 0.717) is 18.6 Å². The Kier molecular flexibility index (Phi) is 9.06. The summed E-state index contributed by atoms with van der Waals surface area (Å²) in [6.07, 6.45) is 4.47. The lowest BCUT2D eigenvalue weighted by Gasteiger charge is -2.36. The number of nitrogens with zero attached hydrogens (tertiary/aromatic N) is 3. The van der Waals surface area contributed by atoms with E-state index in [1.165, 1.54) is 18.5 Å². The first-order valence-corrected chi connectivity index (χ1v) is 10.6. The molecule has 1 saturated heterocycles. The minimum absolute atomic E-state index is 0.131. The molecule has 1 aliphatic rings. The van der Waals surface area contributed by atoms with Gasteiger partial charge in [-0.1, -0.05) is 0 Å². The molecule has 1 aromatic rings. The highest BCUT2D eigenvalue weighted by molar-refractivity contribution is 5.89. The van der Waals surface area contributed by atoms with Gasteiger partial charge in [0.05, 0.1) is 0 Å². The number of hydrogen-bond donors (Lipinski definition) is 2. The van der Waals surface area contributed by atoms with Crippen molar-refractivity contribution >= 4 is 17.4 Å². The van der Waals surface area contributed by atoms with E-state index in [1.807, 2.05) is 12.1 Å². The van der Waals surface area contributed by atoms with Crippen molar-refractivity contribution in [2.45, 2.75) is 51.6 Å². The first-order chi connectivity index (χ1) is 13.4. The number of hydrogen-bond acceptors (Lipinski definition) is 4. The van der Waals surface area contributed by atoms with Gasteiger partial charge in [0.1, 0.15) is 0 Å². The molecule has 0 spiro atoms. The number of carbonyl (C=O) groups is 1. The fourth-order valence-electron chi connectivity index (χ4n) is 3.49. The van der Waals surface area contributed by atoms with Crippen molar-refractivity contribution in [1.29, 1.82) is 0 Å². The highest BCUT2D eigenvalue weighted by Gasteiger charge is 2.20. The third-order valence-corrected chi connectivity index (χ3v) is 5.87. The number of rotatable bonds is 9. The normalized spacial score (nSPS) is 15.8. The van der Waals surface area contributed by atoms with Crippen molar-refractivity contribution in [2.75, 3.05) is 57.5 Å². The monoisotopic (exact) mass is 389 g/mol. The van der Waals surface area contributed by atoms with Gasteiger partial charge in [-0.05, 0) is 97.5 Å². The molecule has 0 aliphatic carbocycles. The first-order valence-electron chi connectivity index (χ1n) is 10.6. The van der Waals surface area contributed by atoms with E-state index in [1.54, 1.807) is 0 Å². The molecule has 0 unspecified atom stereocenters. The summed E-state index contributed by atoms with van der Waals surface area (Å²) in [5.41, 5.74) is 2.03. The van der Waals surface area contributed by atoms with E-state index in [0.717, 1.165) is 38.2 Å². The summed E-state index contributed by atoms with van der Waals surface area (Å²) in [6, 6.07) is 9.18.